The van der Waals surface area contributed by atoms with E-state index in [2.05, 4.69) is 9.47 Å². The molecule has 1 fully saturated rings. The molecule has 0 amide bonds. The van der Waals surface area contributed by atoms with Crippen LogP contribution in [0.2, 0.25) is 0 Å². The van der Waals surface area contributed by atoms with Crippen molar-refractivity contribution in [3.8, 4) is 11.5 Å². The Kier molecular flexibility index (Phi) is 3.50. The van der Waals surface area contributed by atoms with Crippen molar-refractivity contribution < 1.29 is 54.1 Å². The van der Waals surface area contributed by atoms with Crippen LogP contribution in [0.5, 0.6) is 11.5 Å². The second-order valence-electron chi connectivity index (χ2n) is 9.35. The molecular formula is C28H30F3NO5. The van der Waals surface area contributed by atoms with E-state index in [4.69, 9.17) is 16.4 Å². The first-order chi connectivity index (χ1) is 22.0. The van der Waals surface area contributed by atoms with E-state index >= 15 is 4.39 Å². The number of hydrogen-bond acceptors (Lipinski definition) is 5. The standard InChI is InChI=1S/C28H30F3NO5/c1-4-26(2,3)24-10-17-9-16(20(29)13-21(17)32(24)14-19(34)15-33)11-25(35)27(7-8-27)18-5-6-22-23(12-18)37-28(30,31)36-22/h5-6,9-10,12-13,19,33-34H,4,7-8,11,14-15H2,1-3H3/t19-/m1/s1/i5D,6D,7D2,8D2,12D,14D2,15D2,19D. The average molecular weight is 530 g/mol. The summed E-state index contributed by atoms with van der Waals surface area (Å²) >= 11 is 0. The number of aliphatic hydroxyl groups is 2. The third kappa shape index (κ3) is 4.48. The van der Waals surface area contributed by atoms with Crippen LogP contribution in [0.3, 0.4) is 0 Å². The molecule has 6 nitrogen and oxygen atoms in total. The topological polar surface area (TPSA) is 80.9 Å². The van der Waals surface area contributed by atoms with Crippen molar-refractivity contribution >= 4 is 16.7 Å². The van der Waals surface area contributed by atoms with Crippen molar-refractivity contribution in [3.05, 3.63) is 59.0 Å². The monoisotopic (exact) mass is 529 g/mol. The molecule has 9 heteroatoms. The molecule has 1 aromatic heterocycles. The molecule has 198 valence electrons. The summed E-state index contributed by atoms with van der Waals surface area (Å²) in [5.74, 6) is -4.88. The van der Waals surface area contributed by atoms with Crippen molar-refractivity contribution in [1.29, 1.82) is 0 Å². The first kappa shape index (κ1) is 14.8. The molecule has 1 saturated carbocycles. The molecule has 0 unspecified atom stereocenters. The number of rotatable bonds is 9. The molecule has 0 bridgehead atoms. The van der Waals surface area contributed by atoms with Gasteiger partial charge in [-0.1, -0.05) is 26.8 Å². The van der Waals surface area contributed by atoms with Crippen LogP contribution in [0.25, 0.3) is 10.9 Å². The van der Waals surface area contributed by atoms with E-state index in [-0.39, 0.29) is 16.6 Å². The van der Waals surface area contributed by atoms with Gasteiger partial charge in [-0.15, -0.1) is 8.78 Å². The predicted octanol–water partition coefficient (Wildman–Crippen LogP) is 4.99. The van der Waals surface area contributed by atoms with Gasteiger partial charge < -0.3 is 24.3 Å². The van der Waals surface area contributed by atoms with Crippen molar-refractivity contribution in [2.45, 2.75) is 76.1 Å². The summed E-state index contributed by atoms with van der Waals surface area (Å²) in [7, 11) is 0. The van der Waals surface area contributed by atoms with Gasteiger partial charge in [-0.3, -0.25) is 4.79 Å². The summed E-state index contributed by atoms with van der Waals surface area (Å²) in [5.41, 5.74) is -6.02. The number of halogens is 3. The fraction of sp³-hybridized carbons (Fsp3) is 0.464. The van der Waals surface area contributed by atoms with Crippen LogP contribution in [0.4, 0.5) is 13.2 Å². The zero-order chi connectivity index (χ0) is 37.5. The van der Waals surface area contributed by atoms with Crippen molar-refractivity contribution in [2.75, 3.05) is 6.56 Å². The SMILES string of the molecule is [2H]c1c([2H])c(C2(C(=O)Cc3cc4cc(C(C)(C)CC)n(C([2H])([2H])[C@@]([2H])(O)C([2H])([2H])O)c4cc3F)C([2H])([2H])C2([2H])[2H])c([2H])c2c1OC(F)(F)O2. The third-order valence-electron chi connectivity index (χ3n) is 6.58. The zero-order valence-electron chi connectivity index (χ0n) is 31.8. The summed E-state index contributed by atoms with van der Waals surface area (Å²) < 4.78 is 152. The Morgan fingerprint density at radius 2 is 2.00 bits per heavy atom. The highest BCUT2D eigenvalue weighted by Crippen LogP contribution is 2.52. The predicted molar refractivity (Wildman–Crippen MR) is 131 cm³/mol. The van der Waals surface area contributed by atoms with Crippen LogP contribution >= 0.6 is 0 Å². The molecule has 2 aliphatic rings. The Balaban J connectivity index is 1.70. The number of hydrogen-bond donors (Lipinski definition) is 2. The fourth-order valence-corrected chi connectivity index (χ4v) is 4.08. The second kappa shape index (κ2) is 8.77. The lowest BCUT2D eigenvalue weighted by molar-refractivity contribution is -0.286. The van der Waals surface area contributed by atoms with Gasteiger partial charge in [0, 0.05) is 28.4 Å². The average Bonchev–Trinajstić information content (AvgIpc) is 3.31. The third-order valence-corrected chi connectivity index (χ3v) is 6.58. The van der Waals surface area contributed by atoms with E-state index < -0.39 is 108 Å². The van der Waals surface area contributed by atoms with Crippen molar-refractivity contribution in [1.82, 2.24) is 4.57 Å². The molecule has 1 aliphatic heterocycles. The Morgan fingerprint density at radius 1 is 1.30 bits per heavy atom. The maximum absolute atomic E-state index is 15.9. The van der Waals surface area contributed by atoms with Crippen LogP contribution in [0.1, 0.15) is 73.2 Å². The Bertz CT molecular complexity index is 1910. The summed E-state index contributed by atoms with van der Waals surface area (Å²) in [6.07, 6.45) is -15.5. The molecule has 5 rings (SSSR count). The molecule has 2 aromatic carbocycles. The molecule has 1 atom stereocenters. The summed E-state index contributed by atoms with van der Waals surface area (Å²) in [6, 6.07) is -0.501. The second-order valence-corrected chi connectivity index (χ2v) is 9.35. The van der Waals surface area contributed by atoms with Crippen LogP contribution < -0.4 is 9.47 Å². The van der Waals surface area contributed by atoms with E-state index in [0.29, 0.717) is 17.1 Å². The Labute approximate surface area is 229 Å². The number of fused-ring (bicyclic) bond motifs is 2. The summed E-state index contributed by atoms with van der Waals surface area (Å²) in [5, 5.41) is 20.4. The normalized spacial score (nSPS) is 27.4. The molecule has 2 N–H and O–H groups in total. The molecule has 1 aliphatic carbocycles. The minimum atomic E-state index is -4.39. The van der Waals surface area contributed by atoms with Gasteiger partial charge in [0.1, 0.15) is 11.6 Å². The van der Waals surface area contributed by atoms with E-state index in [1.807, 2.05) is 0 Å². The highest BCUT2D eigenvalue weighted by molar-refractivity contribution is 5.95. The number of ketones is 1. The Hall–Kier alpha value is -3.04. The number of ether oxygens (including phenoxy) is 2. The molecule has 0 spiro atoms. The maximum Gasteiger partial charge on any atom is 0.586 e. The first-order valence-corrected chi connectivity index (χ1v) is 11.2. The molecule has 3 aromatic rings. The van der Waals surface area contributed by atoms with Gasteiger partial charge in [-0.25, -0.2) is 4.39 Å². The minimum absolute atomic E-state index is 0.0111. The van der Waals surface area contributed by atoms with Crippen molar-refractivity contribution in [2.24, 2.45) is 0 Å². The Morgan fingerprint density at radius 3 is 2.65 bits per heavy atom. The number of benzene rings is 2. The summed E-state index contributed by atoms with van der Waals surface area (Å²) in [6.45, 7) is -2.31. The van der Waals surface area contributed by atoms with Crippen LogP contribution in [-0.4, -0.2) is 39.5 Å². The van der Waals surface area contributed by atoms with E-state index in [9.17, 15) is 23.8 Å². The molecule has 37 heavy (non-hydrogen) atoms. The van der Waals surface area contributed by atoms with Crippen molar-refractivity contribution in [3.63, 3.8) is 0 Å². The smallest absolute Gasteiger partial charge is 0.395 e. The number of Topliss-reactive ketones (excluding diaryl/α,β-unsaturated/α-hetero) is 1. The van der Waals surface area contributed by atoms with Gasteiger partial charge >= 0.3 is 6.29 Å². The fourth-order valence-electron chi connectivity index (χ4n) is 4.08. The molecule has 2 heterocycles. The van der Waals surface area contributed by atoms with Crippen LogP contribution in [-0.2, 0) is 28.5 Å². The highest BCUT2D eigenvalue weighted by Gasteiger charge is 2.52. The minimum Gasteiger partial charge on any atom is -0.395 e. The lowest BCUT2D eigenvalue weighted by atomic mass is 9.86. The molecular weight excluding hydrogens is 487 g/mol. The van der Waals surface area contributed by atoms with Crippen LogP contribution in [0.15, 0.2) is 36.3 Å². The van der Waals surface area contributed by atoms with E-state index in [1.165, 1.54) is 6.07 Å². The molecule has 0 saturated heterocycles. The van der Waals surface area contributed by atoms with E-state index in [0.717, 1.165) is 6.07 Å². The number of alkyl halides is 2. The number of nitrogens with zero attached hydrogens (tertiary/aromatic N) is 1. The first-order valence-electron chi connectivity index (χ1n) is 17.2. The van der Waals surface area contributed by atoms with Gasteiger partial charge in [0.15, 0.2) is 11.5 Å². The zero-order valence-corrected chi connectivity index (χ0v) is 19.8. The number of carbonyl (C=O) groups excluding carboxylic acids is 1. The van der Waals surface area contributed by atoms with Gasteiger partial charge in [-0.2, -0.15) is 0 Å². The summed E-state index contributed by atoms with van der Waals surface area (Å²) in [4.78, 5) is 14.1. The lowest BCUT2D eigenvalue weighted by Gasteiger charge is -2.26. The maximum atomic E-state index is 15.9. The van der Waals surface area contributed by atoms with Gasteiger partial charge in [0.25, 0.3) is 0 Å². The lowest BCUT2D eigenvalue weighted by Crippen LogP contribution is -2.26. The number of carbonyl (C=O) groups is 1. The largest absolute Gasteiger partial charge is 0.586 e. The highest BCUT2D eigenvalue weighted by atomic mass is 19.3. The van der Waals surface area contributed by atoms with Gasteiger partial charge in [0.2, 0.25) is 0 Å². The van der Waals surface area contributed by atoms with Crippen LogP contribution in [0, 0.1) is 5.82 Å². The molecule has 0 radical (unpaired) electrons. The quantitative estimate of drug-likeness (QED) is 0.409. The van der Waals surface area contributed by atoms with E-state index in [1.54, 1.807) is 20.8 Å². The van der Waals surface area contributed by atoms with Gasteiger partial charge in [0.05, 0.1) is 41.0 Å². The van der Waals surface area contributed by atoms with Gasteiger partial charge in [-0.05, 0) is 60.6 Å². The number of aromatic nitrogens is 1.